The van der Waals surface area contributed by atoms with Crippen molar-refractivity contribution in [1.29, 1.82) is 0 Å². The third-order valence-electron chi connectivity index (χ3n) is 1.29. The van der Waals surface area contributed by atoms with Crippen molar-refractivity contribution in [2.75, 3.05) is 0 Å². The fourth-order valence-electron chi connectivity index (χ4n) is 0.629. The van der Waals surface area contributed by atoms with E-state index in [0.717, 1.165) is 0 Å². The quantitative estimate of drug-likeness (QED) is 0.542. The van der Waals surface area contributed by atoms with Crippen LogP contribution in [0.5, 0.6) is 0 Å². The number of hydrogen-bond donors (Lipinski definition) is 0. The van der Waals surface area contributed by atoms with E-state index in [-0.39, 0.29) is 5.41 Å². The monoisotopic (exact) mass is 305 g/mol. The van der Waals surface area contributed by atoms with Crippen molar-refractivity contribution in [3.8, 4) is 0 Å². The van der Waals surface area contributed by atoms with Gasteiger partial charge in [0.2, 0.25) is 0 Å². The Labute approximate surface area is 74.4 Å². The summed E-state index contributed by atoms with van der Waals surface area (Å²) in [6, 6.07) is 0. The van der Waals surface area contributed by atoms with E-state index in [9.17, 15) is 0 Å². The van der Waals surface area contributed by atoms with Gasteiger partial charge in [0.25, 0.3) is 0 Å². The van der Waals surface area contributed by atoms with Gasteiger partial charge in [-0.3, -0.25) is 0 Å². The van der Waals surface area contributed by atoms with E-state index in [1.54, 1.807) is 6.08 Å². The predicted octanol–water partition coefficient (Wildman–Crippen LogP) is 2.30. The Morgan fingerprint density at radius 1 is 1.40 bits per heavy atom. The van der Waals surface area contributed by atoms with Crippen LogP contribution >= 0.6 is 0 Å². The average Bonchev–Trinajstić information content (AvgIpc) is 1.80. The summed E-state index contributed by atoms with van der Waals surface area (Å²) in [5, 5.41) is 0. The first-order chi connectivity index (χ1) is 4.52. The van der Waals surface area contributed by atoms with Gasteiger partial charge in [0.05, 0.1) is 0 Å². The molecule has 0 aliphatic rings. The van der Waals surface area contributed by atoms with Gasteiger partial charge in [0.1, 0.15) is 0 Å². The first kappa shape index (κ1) is 10.0. The second-order valence-corrected chi connectivity index (χ2v) is 4.15. The van der Waals surface area contributed by atoms with Crippen LogP contribution in [0, 0.1) is 12.0 Å². The standard InChI is InChI=1S/C9H13.W/c1-6-8(7-2)9(3,4)5;/h1-2,6-7H,3-5H3;/q-1;/b8-6+;. The second-order valence-electron chi connectivity index (χ2n) is 3.17. The van der Waals surface area contributed by atoms with E-state index in [0.29, 0.717) is 0 Å². The molecule has 0 fully saturated rings. The van der Waals surface area contributed by atoms with Crippen molar-refractivity contribution >= 4 is 4.40 Å². The Hall–Kier alpha value is 0.0383. The minimum absolute atomic E-state index is 0.181. The molecule has 0 aromatic rings. The van der Waals surface area contributed by atoms with E-state index >= 15 is 0 Å². The summed E-state index contributed by atoms with van der Waals surface area (Å²) in [5.74, 6) is 0. The minimum atomic E-state index is 0.181. The van der Waals surface area contributed by atoms with Crippen LogP contribution in [0.25, 0.3) is 0 Å². The van der Waals surface area contributed by atoms with E-state index in [2.05, 4.69) is 31.2 Å². The van der Waals surface area contributed by atoms with Gasteiger partial charge in [0.15, 0.2) is 0 Å². The van der Waals surface area contributed by atoms with Gasteiger partial charge in [-0.25, -0.2) is 0 Å². The molecule has 1 heteroatoms. The van der Waals surface area contributed by atoms with Crippen LogP contribution < -0.4 is 0 Å². The number of hydrogen-bond acceptors (Lipinski definition) is 0. The van der Waals surface area contributed by atoms with Gasteiger partial charge in [-0.15, -0.1) is 0 Å². The number of rotatable bonds is 2. The molecular formula is C9H13W-. The predicted molar refractivity (Wildman–Crippen MR) is 42.5 cm³/mol. The molecule has 0 radical (unpaired) electrons. The van der Waals surface area contributed by atoms with Gasteiger partial charge in [-0.2, -0.15) is 0 Å². The van der Waals surface area contributed by atoms with Gasteiger partial charge < -0.3 is 0 Å². The van der Waals surface area contributed by atoms with Crippen LogP contribution in [-0.2, 0) is 19.4 Å². The Balaban J connectivity index is 4.51. The molecule has 0 unspecified atom stereocenters. The molecule has 0 rings (SSSR count). The van der Waals surface area contributed by atoms with E-state index in [4.69, 9.17) is 6.58 Å². The molecule has 0 aromatic carbocycles. The number of allylic oxidation sites excluding steroid dienone is 3. The van der Waals surface area contributed by atoms with Gasteiger partial charge >= 0.3 is 74.2 Å². The summed E-state index contributed by atoms with van der Waals surface area (Å²) >= 11 is 1.46. The van der Waals surface area contributed by atoms with Crippen molar-refractivity contribution in [1.82, 2.24) is 0 Å². The van der Waals surface area contributed by atoms with Crippen LogP contribution in [-0.4, -0.2) is 4.40 Å². The normalized spacial score (nSPS) is 12.9. The molecule has 0 atom stereocenters. The zero-order valence-corrected chi connectivity index (χ0v) is 9.65. The fraction of sp³-hybridized carbons (Fsp3) is 0.444. The molecule has 56 valence electrons. The van der Waals surface area contributed by atoms with E-state index in [1.165, 1.54) is 24.9 Å². The molecule has 0 saturated heterocycles. The maximum absolute atomic E-state index is 5.44. The van der Waals surface area contributed by atoms with Crippen molar-refractivity contribution in [2.45, 2.75) is 20.8 Å². The summed E-state index contributed by atoms with van der Waals surface area (Å²) in [6.45, 7) is 11.9. The molecule has 0 heterocycles. The Morgan fingerprint density at radius 3 is 2.00 bits per heavy atom. The van der Waals surface area contributed by atoms with Gasteiger partial charge in [0, 0.05) is 0 Å². The average molecular weight is 305 g/mol. The van der Waals surface area contributed by atoms with Crippen LogP contribution in [0.3, 0.4) is 0 Å². The zero-order chi connectivity index (χ0) is 8.20. The molecule has 0 bridgehead atoms. The molecule has 0 aliphatic heterocycles. The zero-order valence-electron chi connectivity index (χ0n) is 6.72. The summed E-state index contributed by atoms with van der Waals surface area (Å²) in [6.07, 6.45) is 3.76. The summed E-state index contributed by atoms with van der Waals surface area (Å²) in [5.41, 5.74) is 1.38. The van der Waals surface area contributed by atoms with Crippen LogP contribution in [0.15, 0.2) is 17.7 Å². The Kier molecular flexibility index (Phi) is 4.05. The summed E-state index contributed by atoms with van der Waals surface area (Å²) < 4.78 is 2.09. The van der Waals surface area contributed by atoms with Crippen LogP contribution in [0.2, 0.25) is 0 Å². The third-order valence-corrected chi connectivity index (χ3v) is 1.78. The van der Waals surface area contributed by atoms with Crippen molar-refractivity contribution in [2.24, 2.45) is 5.41 Å². The fourth-order valence-corrected chi connectivity index (χ4v) is 1.16. The molecule has 0 aromatic heterocycles. The second kappa shape index (κ2) is 4.03. The van der Waals surface area contributed by atoms with Crippen LogP contribution in [0.4, 0.5) is 0 Å². The topological polar surface area (TPSA) is 0 Å². The Morgan fingerprint density at radius 2 is 1.90 bits per heavy atom. The van der Waals surface area contributed by atoms with Crippen molar-refractivity contribution in [3.63, 3.8) is 0 Å². The van der Waals surface area contributed by atoms with Crippen LogP contribution in [0.1, 0.15) is 20.8 Å². The van der Waals surface area contributed by atoms with Crippen molar-refractivity contribution < 1.29 is 19.4 Å². The first-order valence-electron chi connectivity index (χ1n) is 3.23. The summed E-state index contributed by atoms with van der Waals surface area (Å²) in [4.78, 5) is 0. The van der Waals surface area contributed by atoms with Crippen molar-refractivity contribution in [3.05, 3.63) is 24.3 Å². The van der Waals surface area contributed by atoms with Gasteiger partial charge in [-0.1, -0.05) is 0 Å². The van der Waals surface area contributed by atoms with Gasteiger partial charge in [-0.05, 0) is 0 Å². The molecule has 0 aliphatic carbocycles. The van der Waals surface area contributed by atoms with E-state index in [1.807, 2.05) is 0 Å². The molecule has 0 spiro atoms. The molecule has 0 amide bonds. The maximum atomic E-state index is 5.44. The summed E-state index contributed by atoms with van der Waals surface area (Å²) in [7, 11) is 0. The van der Waals surface area contributed by atoms with E-state index < -0.39 is 0 Å². The first-order valence-corrected chi connectivity index (χ1v) is 4.92. The molecule has 0 N–H and O–H groups in total. The SMILES string of the molecule is [CH-]=C/C(=C\[CH]=[W])C(C)(C)C. The molecular weight excluding hydrogens is 292 g/mol. The molecule has 10 heavy (non-hydrogen) atoms. The molecule has 0 nitrogen and oxygen atoms in total. The third kappa shape index (κ3) is 3.27. The Bertz CT molecular complexity index is 158. The molecule has 0 saturated carbocycles.